The van der Waals surface area contributed by atoms with E-state index in [4.69, 9.17) is 4.99 Å². The van der Waals surface area contributed by atoms with E-state index in [2.05, 4.69) is 217 Å². The predicted molar refractivity (Wildman–Crippen MR) is 255 cm³/mol. The van der Waals surface area contributed by atoms with Gasteiger partial charge in [0.05, 0.1) is 11.4 Å². The number of benzene rings is 9. The fourth-order valence-corrected chi connectivity index (χ4v) is 10.8. The van der Waals surface area contributed by atoms with Gasteiger partial charge in [0.15, 0.2) is 0 Å². The summed E-state index contributed by atoms with van der Waals surface area (Å²) in [5, 5.41) is 5.30. The molecule has 0 heterocycles. The molecule has 288 valence electrons. The molecular formula is C59H47N. The van der Waals surface area contributed by atoms with Crippen LogP contribution in [-0.4, -0.2) is 5.71 Å². The molecule has 0 saturated heterocycles. The Morgan fingerprint density at radius 2 is 0.900 bits per heavy atom. The molecule has 0 fully saturated rings. The Morgan fingerprint density at radius 3 is 1.45 bits per heavy atom. The van der Waals surface area contributed by atoms with Crippen molar-refractivity contribution in [3.8, 4) is 44.5 Å². The maximum atomic E-state index is 5.35. The number of aryl methyl sites for hydroxylation is 1. The smallest absolute Gasteiger partial charge is 0.0662 e. The van der Waals surface area contributed by atoms with Gasteiger partial charge in [0.2, 0.25) is 0 Å². The van der Waals surface area contributed by atoms with Gasteiger partial charge in [-0.1, -0.05) is 204 Å². The molecule has 2 aliphatic carbocycles. The molecular weight excluding hydrogens is 723 g/mol. The van der Waals surface area contributed by atoms with E-state index < -0.39 is 0 Å². The summed E-state index contributed by atoms with van der Waals surface area (Å²) in [6.07, 6.45) is 0.744. The Morgan fingerprint density at radius 1 is 0.433 bits per heavy atom. The second-order valence-corrected chi connectivity index (χ2v) is 17.9. The molecule has 0 amide bonds. The van der Waals surface area contributed by atoms with Gasteiger partial charge in [-0.05, 0) is 118 Å². The van der Waals surface area contributed by atoms with Crippen molar-refractivity contribution >= 4 is 32.9 Å². The van der Waals surface area contributed by atoms with E-state index in [0.29, 0.717) is 0 Å². The average molecular weight is 770 g/mol. The average Bonchev–Trinajstić information content (AvgIpc) is 3.66. The van der Waals surface area contributed by atoms with Crippen LogP contribution in [0, 0.1) is 6.92 Å². The van der Waals surface area contributed by atoms with Crippen LogP contribution in [0.4, 0.5) is 5.69 Å². The Labute approximate surface area is 353 Å². The third-order valence-corrected chi connectivity index (χ3v) is 13.6. The Hall–Kier alpha value is -6.83. The quantitative estimate of drug-likeness (QED) is 0.118. The SMILES string of the molecule is Cc1ccccc1N=C(Cc1ccccc1)c1ccc(-c2c3ccc4c(c3c(-c3ccccc3)c3ccc5c(c23)C(C)(C)c2ccccc2-5)C(C)(C)c2ccccc2-4)cc1. The van der Waals surface area contributed by atoms with Gasteiger partial charge in [0, 0.05) is 17.3 Å². The number of hydrogen-bond acceptors (Lipinski definition) is 1. The zero-order valence-electron chi connectivity index (χ0n) is 35.0. The van der Waals surface area contributed by atoms with Crippen LogP contribution in [0.25, 0.3) is 66.1 Å². The van der Waals surface area contributed by atoms with Gasteiger partial charge in [0.25, 0.3) is 0 Å². The number of para-hydroxylation sites is 1. The lowest BCUT2D eigenvalue weighted by Crippen LogP contribution is -2.17. The highest BCUT2D eigenvalue weighted by Gasteiger charge is 2.41. The van der Waals surface area contributed by atoms with Gasteiger partial charge in [0.1, 0.15) is 0 Å². The summed E-state index contributed by atoms with van der Waals surface area (Å²) in [5.74, 6) is 0. The van der Waals surface area contributed by atoms with E-state index in [1.165, 1.54) is 99.4 Å². The molecule has 0 unspecified atom stereocenters. The van der Waals surface area contributed by atoms with E-state index in [1.54, 1.807) is 0 Å². The first-order valence-corrected chi connectivity index (χ1v) is 21.4. The minimum Gasteiger partial charge on any atom is -0.252 e. The summed E-state index contributed by atoms with van der Waals surface area (Å²) in [4.78, 5) is 5.35. The number of rotatable bonds is 6. The van der Waals surface area contributed by atoms with E-state index in [0.717, 1.165) is 23.4 Å². The highest BCUT2D eigenvalue weighted by atomic mass is 14.8. The lowest BCUT2D eigenvalue weighted by atomic mass is 9.73. The van der Waals surface area contributed by atoms with Crippen molar-refractivity contribution in [2.24, 2.45) is 4.99 Å². The van der Waals surface area contributed by atoms with Crippen LogP contribution in [0.5, 0.6) is 0 Å². The highest BCUT2D eigenvalue weighted by Crippen LogP contribution is 2.59. The standard InChI is InChI=1S/C59H47N/c1-37-18-12-17-27-50(37)60-51(36-38-19-8-6-9-20-38)39-28-30-41(31-29-39)53-47-35-33-44-42-23-13-15-25-48(42)58(2,3)56(44)54(47)52(40-21-10-7-11-22-40)46-34-32-45-43-24-14-16-26-49(43)59(4,5)57(45)55(46)53/h6-35H,36H2,1-5H3. The van der Waals surface area contributed by atoms with Crippen molar-refractivity contribution in [3.63, 3.8) is 0 Å². The molecule has 0 N–H and O–H groups in total. The fourth-order valence-electron chi connectivity index (χ4n) is 10.8. The van der Waals surface area contributed by atoms with Crippen molar-refractivity contribution < 1.29 is 0 Å². The summed E-state index contributed by atoms with van der Waals surface area (Å²) >= 11 is 0. The van der Waals surface area contributed by atoms with E-state index in [9.17, 15) is 0 Å². The first kappa shape index (κ1) is 36.3. The summed E-state index contributed by atoms with van der Waals surface area (Å²) in [6.45, 7) is 11.9. The largest absolute Gasteiger partial charge is 0.252 e. The topological polar surface area (TPSA) is 12.4 Å². The fraction of sp³-hybridized carbons (Fsp3) is 0.136. The molecule has 9 aromatic carbocycles. The third-order valence-electron chi connectivity index (χ3n) is 13.6. The van der Waals surface area contributed by atoms with Crippen molar-refractivity contribution in [2.45, 2.75) is 51.9 Å². The molecule has 60 heavy (non-hydrogen) atoms. The number of fused-ring (bicyclic) bond motifs is 10. The van der Waals surface area contributed by atoms with Crippen molar-refractivity contribution in [1.82, 2.24) is 0 Å². The molecule has 0 saturated carbocycles. The monoisotopic (exact) mass is 769 g/mol. The Kier molecular flexibility index (Phi) is 8.23. The summed E-state index contributed by atoms with van der Waals surface area (Å²) in [7, 11) is 0. The molecule has 0 aromatic heterocycles. The van der Waals surface area contributed by atoms with Gasteiger partial charge < -0.3 is 0 Å². The highest BCUT2D eigenvalue weighted by molar-refractivity contribution is 6.26. The Balaban J connectivity index is 1.24. The van der Waals surface area contributed by atoms with Crippen molar-refractivity contribution in [1.29, 1.82) is 0 Å². The van der Waals surface area contributed by atoms with Crippen LogP contribution in [0.2, 0.25) is 0 Å². The lowest BCUT2D eigenvalue weighted by Gasteiger charge is -2.29. The van der Waals surface area contributed by atoms with Crippen LogP contribution in [-0.2, 0) is 17.3 Å². The molecule has 11 rings (SSSR count). The second kappa shape index (κ2) is 13.6. The van der Waals surface area contributed by atoms with Crippen LogP contribution in [0.1, 0.15) is 66.6 Å². The van der Waals surface area contributed by atoms with Crippen LogP contribution >= 0.6 is 0 Å². The normalized spacial score (nSPS) is 14.5. The van der Waals surface area contributed by atoms with E-state index in [1.807, 2.05) is 0 Å². The van der Waals surface area contributed by atoms with Gasteiger partial charge in [-0.25, -0.2) is 0 Å². The molecule has 0 atom stereocenters. The predicted octanol–water partition coefficient (Wildman–Crippen LogP) is 15.6. The maximum absolute atomic E-state index is 5.35. The number of nitrogens with zero attached hydrogens (tertiary/aromatic N) is 1. The molecule has 0 bridgehead atoms. The van der Waals surface area contributed by atoms with Gasteiger partial charge >= 0.3 is 0 Å². The first-order chi connectivity index (χ1) is 29.2. The number of aliphatic imine (C=N–C) groups is 1. The molecule has 0 radical (unpaired) electrons. The molecule has 0 aliphatic heterocycles. The molecule has 0 spiro atoms. The van der Waals surface area contributed by atoms with Crippen molar-refractivity contribution in [2.75, 3.05) is 0 Å². The van der Waals surface area contributed by atoms with Gasteiger partial charge in [-0.3, -0.25) is 4.99 Å². The lowest BCUT2D eigenvalue weighted by molar-refractivity contribution is 0.665. The maximum Gasteiger partial charge on any atom is 0.0662 e. The minimum absolute atomic E-state index is 0.200. The molecule has 1 nitrogen and oxygen atoms in total. The first-order valence-electron chi connectivity index (χ1n) is 21.4. The third kappa shape index (κ3) is 5.42. The van der Waals surface area contributed by atoms with Crippen LogP contribution in [0.15, 0.2) is 187 Å². The van der Waals surface area contributed by atoms with E-state index >= 15 is 0 Å². The number of hydrogen-bond donors (Lipinski definition) is 0. The summed E-state index contributed by atoms with van der Waals surface area (Å²) in [5.41, 5.74) is 21.3. The zero-order valence-corrected chi connectivity index (χ0v) is 35.0. The van der Waals surface area contributed by atoms with Gasteiger partial charge in [-0.15, -0.1) is 0 Å². The second-order valence-electron chi connectivity index (χ2n) is 17.9. The Bertz CT molecular complexity index is 3200. The summed E-state index contributed by atoms with van der Waals surface area (Å²) in [6, 6.07) is 67.5. The van der Waals surface area contributed by atoms with E-state index in [-0.39, 0.29) is 10.8 Å². The molecule has 9 aromatic rings. The van der Waals surface area contributed by atoms with Crippen LogP contribution in [0.3, 0.4) is 0 Å². The van der Waals surface area contributed by atoms with Crippen LogP contribution < -0.4 is 0 Å². The summed E-state index contributed by atoms with van der Waals surface area (Å²) < 4.78 is 0. The van der Waals surface area contributed by atoms with Crippen molar-refractivity contribution in [3.05, 3.63) is 221 Å². The zero-order chi connectivity index (χ0) is 40.8. The molecule has 1 heteroatoms. The minimum atomic E-state index is -0.211. The van der Waals surface area contributed by atoms with Gasteiger partial charge in [-0.2, -0.15) is 0 Å². The molecule has 2 aliphatic rings.